The van der Waals surface area contributed by atoms with E-state index in [9.17, 15) is 4.79 Å². The molecule has 1 rings (SSSR count). The van der Waals surface area contributed by atoms with Crippen molar-refractivity contribution >= 4 is 12.2 Å². The van der Waals surface area contributed by atoms with Gasteiger partial charge in [-0.05, 0) is 13.0 Å². The Hall–Kier alpha value is -1.65. The fourth-order valence-electron chi connectivity index (χ4n) is 0.752. The molecule has 1 aromatic heterocycles. The molecule has 0 aromatic carbocycles. The lowest BCUT2D eigenvalue weighted by Gasteiger charge is -1.97. The Morgan fingerprint density at radius 3 is 3.17 bits per heavy atom. The summed E-state index contributed by atoms with van der Waals surface area (Å²) in [5.41, 5.74) is 0.315. The Labute approximate surface area is 69.6 Å². The third-order valence-electron chi connectivity index (χ3n) is 1.24. The maximum Gasteiger partial charge on any atom is 0.358 e. The standard InChI is InChI=1S/C7H9N3O2/c1-3-8-10-6(4-5-9-10)7(11)12-2/h3-5H,1-2H3/b8-3+. The Balaban J connectivity index is 2.98. The molecule has 0 aliphatic rings. The molecular weight excluding hydrogens is 158 g/mol. The van der Waals surface area contributed by atoms with E-state index in [2.05, 4.69) is 14.9 Å². The molecule has 0 fully saturated rings. The molecule has 1 aromatic rings. The van der Waals surface area contributed by atoms with Gasteiger partial charge in [0.2, 0.25) is 0 Å². The van der Waals surface area contributed by atoms with Crippen LogP contribution in [0.2, 0.25) is 0 Å². The molecule has 0 N–H and O–H groups in total. The predicted octanol–water partition coefficient (Wildman–Crippen LogP) is 0.523. The number of rotatable bonds is 2. The molecular formula is C7H9N3O2. The first kappa shape index (κ1) is 8.45. The second-order valence-corrected chi connectivity index (χ2v) is 1.97. The molecule has 64 valence electrons. The molecule has 5 nitrogen and oxygen atoms in total. The van der Waals surface area contributed by atoms with E-state index >= 15 is 0 Å². The summed E-state index contributed by atoms with van der Waals surface area (Å²) in [5.74, 6) is -0.446. The minimum Gasteiger partial charge on any atom is -0.464 e. The van der Waals surface area contributed by atoms with Gasteiger partial charge in [-0.1, -0.05) is 0 Å². The van der Waals surface area contributed by atoms with Gasteiger partial charge in [-0.15, -0.1) is 4.79 Å². The van der Waals surface area contributed by atoms with Gasteiger partial charge in [0.05, 0.1) is 13.3 Å². The first-order chi connectivity index (χ1) is 5.79. The molecule has 1 heterocycles. The number of nitrogens with zero attached hydrogens (tertiary/aromatic N) is 3. The topological polar surface area (TPSA) is 56.5 Å². The van der Waals surface area contributed by atoms with Crippen molar-refractivity contribution in [2.24, 2.45) is 5.10 Å². The summed E-state index contributed by atoms with van der Waals surface area (Å²) < 4.78 is 4.51. The molecule has 0 amide bonds. The summed E-state index contributed by atoms with van der Waals surface area (Å²) >= 11 is 0. The molecule has 0 saturated heterocycles. The van der Waals surface area contributed by atoms with Crippen molar-refractivity contribution in [1.82, 2.24) is 9.89 Å². The molecule has 5 heteroatoms. The lowest BCUT2D eigenvalue weighted by molar-refractivity contribution is 0.0588. The second kappa shape index (κ2) is 3.66. The van der Waals surface area contributed by atoms with E-state index in [1.54, 1.807) is 19.2 Å². The fourth-order valence-corrected chi connectivity index (χ4v) is 0.752. The Bertz CT molecular complexity index is 303. The lowest BCUT2D eigenvalue weighted by atomic mass is 10.4. The van der Waals surface area contributed by atoms with Crippen molar-refractivity contribution < 1.29 is 9.53 Å². The van der Waals surface area contributed by atoms with Crippen LogP contribution in [0.5, 0.6) is 0 Å². The van der Waals surface area contributed by atoms with Crippen molar-refractivity contribution in [2.45, 2.75) is 6.92 Å². The van der Waals surface area contributed by atoms with Crippen molar-refractivity contribution in [2.75, 3.05) is 7.11 Å². The van der Waals surface area contributed by atoms with E-state index in [0.29, 0.717) is 5.69 Å². The van der Waals surface area contributed by atoms with Gasteiger partial charge < -0.3 is 4.74 Å². The van der Waals surface area contributed by atoms with Gasteiger partial charge in [-0.25, -0.2) is 4.79 Å². The van der Waals surface area contributed by atoms with Crippen LogP contribution in [0.15, 0.2) is 17.4 Å². The summed E-state index contributed by atoms with van der Waals surface area (Å²) in [4.78, 5) is 12.2. The normalized spacial score (nSPS) is 10.5. The van der Waals surface area contributed by atoms with E-state index in [4.69, 9.17) is 0 Å². The number of esters is 1. The Kier molecular flexibility index (Phi) is 2.57. The highest BCUT2D eigenvalue weighted by Gasteiger charge is 2.10. The van der Waals surface area contributed by atoms with Crippen LogP contribution in [0.4, 0.5) is 0 Å². The van der Waals surface area contributed by atoms with Crippen molar-refractivity contribution in [3.8, 4) is 0 Å². The summed E-state index contributed by atoms with van der Waals surface area (Å²) in [5, 5.41) is 7.61. The molecule has 0 aliphatic heterocycles. The smallest absolute Gasteiger partial charge is 0.358 e. The highest BCUT2D eigenvalue weighted by atomic mass is 16.5. The zero-order valence-corrected chi connectivity index (χ0v) is 6.89. The van der Waals surface area contributed by atoms with Gasteiger partial charge in [0.25, 0.3) is 0 Å². The van der Waals surface area contributed by atoms with Gasteiger partial charge in [0.15, 0.2) is 5.69 Å². The maximum absolute atomic E-state index is 11.0. The highest BCUT2D eigenvalue weighted by molar-refractivity contribution is 5.87. The molecule has 0 radical (unpaired) electrons. The lowest BCUT2D eigenvalue weighted by Crippen LogP contribution is -2.08. The molecule has 0 saturated carbocycles. The Morgan fingerprint density at radius 2 is 2.58 bits per heavy atom. The van der Waals surface area contributed by atoms with Crippen molar-refractivity contribution in [3.05, 3.63) is 18.0 Å². The first-order valence-electron chi connectivity index (χ1n) is 3.41. The summed E-state index contributed by atoms with van der Waals surface area (Å²) in [7, 11) is 1.31. The second-order valence-electron chi connectivity index (χ2n) is 1.97. The monoisotopic (exact) mass is 167 g/mol. The van der Waals surface area contributed by atoms with Crippen LogP contribution in [-0.2, 0) is 4.74 Å². The van der Waals surface area contributed by atoms with E-state index in [0.717, 1.165) is 0 Å². The third-order valence-corrected chi connectivity index (χ3v) is 1.24. The summed E-state index contributed by atoms with van der Waals surface area (Å²) in [6.45, 7) is 1.74. The molecule has 0 atom stereocenters. The number of hydrogen-bond acceptors (Lipinski definition) is 4. The SMILES string of the molecule is C/C=N/n1nccc1C(=O)OC. The van der Waals surface area contributed by atoms with E-state index in [1.165, 1.54) is 18.1 Å². The van der Waals surface area contributed by atoms with Crippen molar-refractivity contribution in [1.29, 1.82) is 0 Å². The van der Waals surface area contributed by atoms with Gasteiger partial charge in [-0.2, -0.15) is 10.2 Å². The predicted molar refractivity (Wildman–Crippen MR) is 43.1 cm³/mol. The molecule has 0 bridgehead atoms. The Morgan fingerprint density at radius 1 is 1.83 bits per heavy atom. The third kappa shape index (κ3) is 1.50. The van der Waals surface area contributed by atoms with Crippen LogP contribution in [0, 0.1) is 0 Å². The first-order valence-corrected chi connectivity index (χ1v) is 3.41. The molecule has 0 aliphatic carbocycles. The van der Waals surface area contributed by atoms with Crippen LogP contribution >= 0.6 is 0 Å². The van der Waals surface area contributed by atoms with Crippen LogP contribution in [0.3, 0.4) is 0 Å². The summed E-state index contributed by atoms with van der Waals surface area (Å²) in [6.07, 6.45) is 3.03. The van der Waals surface area contributed by atoms with Gasteiger partial charge >= 0.3 is 5.97 Å². The number of methoxy groups -OCH3 is 1. The number of hydrogen-bond donors (Lipinski definition) is 0. The van der Waals surface area contributed by atoms with Gasteiger partial charge in [0.1, 0.15) is 0 Å². The number of carbonyl (C=O) groups excluding carboxylic acids is 1. The molecule has 12 heavy (non-hydrogen) atoms. The minimum absolute atomic E-state index is 0.315. The van der Waals surface area contributed by atoms with E-state index < -0.39 is 5.97 Å². The average molecular weight is 167 g/mol. The molecule has 0 unspecified atom stereocenters. The van der Waals surface area contributed by atoms with Gasteiger partial charge in [-0.3, -0.25) is 0 Å². The number of aromatic nitrogens is 2. The van der Waals surface area contributed by atoms with Crippen LogP contribution < -0.4 is 0 Å². The van der Waals surface area contributed by atoms with Crippen molar-refractivity contribution in [3.63, 3.8) is 0 Å². The van der Waals surface area contributed by atoms with E-state index in [1.807, 2.05) is 0 Å². The largest absolute Gasteiger partial charge is 0.464 e. The summed E-state index contributed by atoms with van der Waals surface area (Å²) in [6, 6.07) is 1.54. The van der Waals surface area contributed by atoms with Crippen LogP contribution in [0.25, 0.3) is 0 Å². The maximum atomic E-state index is 11.0. The molecule has 0 spiro atoms. The highest BCUT2D eigenvalue weighted by Crippen LogP contribution is 1.99. The van der Waals surface area contributed by atoms with Crippen LogP contribution in [-0.4, -0.2) is 29.2 Å². The average Bonchev–Trinajstić information content (AvgIpc) is 2.52. The number of ether oxygens (including phenoxy) is 1. The fraction of sp³-hybridized carbons (Fsp3) is 0.286. The number of carbonyl (C=O) groups is 1. The van der Waals surface area contributed by atoms with Gasteiger partial charge in [0, 0.05) is 6.21 Å². The zero-order chi connectivity index (χ0) is 8.97. The minimum atomic E-state index is -0.446. The van der Waals surface area contributed by atoms with Crippen LogP contribution in [0.1, 0.15) is 17.4 Å². The zero-order valence-electron chi connectivity index (χ0n) is 6.89. The quantitative estimate of drug-likeness (QED) is 0.476. The van der Waals surface area contributed by atoms with E-state index in [-0.39, 0.29) is 0 Å².